The molecule has 6 heteroatoms. The van der Waals surface area contributed by atoms with E-state index in [1.807, 2.05) is 13.8 Å². The van der Waals surface area contributed by atoms with Crippen molar-refractivity contribution in [2.75, 3.05) is 25.4 Å². The first-order valence-electron chi connectivity index (χ1n) is 6.31. The van der Waals surface area contributed by atoms with Gasteiger partial charge in [-0.1, -0.05) is 0 Å². The van der Waals surface area contributed by atoms with Crippen LogP contribution in [0.4, 0.5) is 5.69 Å². The van der Waals surface area contributed by atoms with E-state index in [1.54, 1.807) is 12.1 Å². The average Bonchev–Trinajstić information content (AvgIpc) is 2.39. The van der Waals surface area contributed by atoms with Gasteiger partial charge in [-0.25, -0.2) is 0 Å². The zero-order valence-electron chi connectivity index (χ0n) is 11.3. The van der Waals surface area contributed by atoms with Gasteiger partial charge in [-0.05, 0) is 26.0 Å². The quantitative estimate of drug-likeness (QED) is 0.767. The highest BCUT2D eigenvalue weighted by Gasteiger charge is 2.15. The molecule has 2 amide bonds. The summed E-state index contributed by atoms with van der Waals surface area (Å²) in [6, 6.07) is 3.42. The summed E-state index contributed by atoms with van der Waals surface area (Å²) in [6.45, 7) is 4.81. The van der Waals surface area contributed by atoms with E-state index in [9.17, 15) is 9.59 Å². The van der Waals surface area contributed by atoms with Crippen LogP contribution < -0.4 is 11.1 Å². The van der Waals surface area contributed by atoms with Crippen LogP contribution >= 0.6 is 0 Å². The Hall–Kier alpha value is -2.11. The fourth-order valence-electron chi connectivity index (χ4n) is 1.61. The molecule has 1 heterocycles. The molecule has 0 bridgehead atoms. The Kier molecular flexibility index (Phi) is 5.78. The third-order valence-corrected chi connectivity index (χ3v) is 2.62. The Morgan fingerprint density at radius 2 is 2.11 bits per heavy atom. The number of likely N-dealkylation sites (N-methyl/N-ethyl adjacent to an activating group) is 2. The molecule has 0 saturated heterocycles. The Balaban J connectivity index is 2.58. The van der Waals surface area contributed by atoms with Crippen LogP contribution in [0.5, 0.6) is 0 Å². The summed E-state index contributed by atoms with van der Waals surface area (Å²) in [5.74, 6) is -0.269. The monoisotopic (exact) mass is 264 g/mol. The molecule has 0 fully saturated rings. The lowest BCUT2D eigenvalue weighted by atomic mass is 10.2. The lowest BCUT2D eigenvalue weighted by Crippen LogP contribution is -2.41. The van der Waals surface area contributed by atoms with Gasteiger partial charge in [0.05, 0.1) is 24.8 Å². The van der Waals surface area contributed by atoms with E-state index in [-0.39, 0.29) is 24.8 Å². The first-order valence-corrected chi connectivity index (χ1v) is 6.31. The van der Waals surface area contributed by atoms with Crippen molar-refractivity contribution < 1.29 is 9.59 Å². The number of aromatic nitrogens is 1. The third kappa shape index (κ3) is 4.95. The van der Waals surface area contributed by atoms with E-state index in [0.717, 1.165) is 0 Å². The maximum absolute atomic E-state index is 12.0. The van der Waals surface area contributed by atoms with E-state index < -0.39 is 0 Å². The fourth-order valence-corrected chi connectivity index (χ4v) is 1.61. The second kappa shape index (κ2) is 7.35. The van der Waals surface area contributed by atoms with Gasteiger partial charge in [0.2, 0.25) is 11.8 Å². The zero-order chi connectivity index (χ0) is 14.3. The van der Waals surface area contributed by atoms with E-state index in [2.05, 4.69) is 10.3 Å². The van der Waals surface area contributed by atoms with Crippen LogP contribution in [-0.2, 0) is 16.0 Å². The highest BCUT2D eigenvalue weighted by atomic mass is 16.2. The van der Waals surface area contributed by atoms with Crippen LogP contribution in [0.15, 0.2) is 18.3 Å². The van der Waals surface area contributed by atoms with Gasteiger partial charge in [0.1, 0.15) is 0 Å². The molecule has 1 aromatic heterocycles. The van der Waals surface area contributed by atoms with Crippen molar-refractivity contribution in [3.8, 4) is 0 Å². The molecule has 104 valence electrons. The van der Waals surface area contributed by atoms with Crippen LogP contribution in [0.2, 0.25) is 0 Å². The van der Waals surface area contributed by atoms with Gasteiger partial charge in [0.25, 0.3) is 0 Å². The Morgan fingerprint density at radius 1 is 1.37 bits per heavy atom. The Labute approximate surface area is 113 Å². The van der Waals surface area contributed by atoms with E-state index in [4.69, 9.17) is 5.73 Å². The molecule has 0 saturated carbocycles. The highest BCUT2D eigenvalue weighted by Crippen LogP contribution is 2.04. The van der Waals surface area contributed by atoms with Crippen molar-refractivity contribution in [1.29, 1.82) is 0 Å². The molecule has 0 radical (unpaired) electrons. The molecular weight excluding hydrogens is 244 g/mol. The number of nitrogen functional groups attached to an aromatic ring is 1. The minimum absolute atomic E-state index is 0.0815. The number of hydrogen-bond acceptors (Lipinski definition) is 4. The summed E-state index contributed by atoms with van der Waals surface area (Å²) in [4.78, 5) is 29.1. The molecular formula is C13H20N4O2. The van der Waals surface area contributed by atoms with Gasteiger partial charge in [-0.3, -0.25) is 14.6 Å². The second-order valence-corrected chi connectivity index (χ2v) is 4.12. The van der Waals surface area contributed by atoms with Gasteiger partial charge in [-0.15, -0.1) is 0 Å². The first-order chi connectivity index (χ1) is 9.06. The number of nitrogens with zero attached hydrogens (tertiary/aromatic N) is 2. The van der Waals surface area contributed by atoms with Crippen molar-refractivity contribution >= 4 is 17.5 Å². The number of pyridine rings is 1. The van der Waals surface area contributed by atoms with Gasteiger partial charge in [-0.2, -0.15) is 0 Å². The number of amides is 2. The standard InChI is InChI=1S/C13H20N4O2/c1-3-15-12(18)9-17(4-2)13(19)7-11-6-5-10(14)8-16-11/h5-6,8H,3-4,7,9,14H2,1-2H3,(H,15,18). The summed E-state index contributed by atoms with van der Waals surface area (Å²) in [7, 11) is 0. The lowest BCUT2D eigenvalue weighted by molar-refractivity contribution is -0.135. The molecule has 0 aliphatic rings. The maximum Gasteiger partial charge on any atom is 0.239 e. The van der Waals surface area contributed by atoms with Crippen LogP contribution in [0, 0.1) is 0 Å². The summed E-state index contributed by atoms with van der Waals surface area (Å²) in [5, 5.41) is 2.67. The number of nitrogens with one attached hydrogen (secondary N) is 1. The van der Waals surface area contributed by atoms with Gasteiger partial charge in [0, 0.05) is 18.8 Å². The van der Waals surface area contributed by atoms with Crippen LogP contribution in [0.25, 0.3) is 0 Å². The molecule has 0 aromatic carbocycles. The second-order valence-electron chi connectivity index (χ2n) is 4.12. The summed E-state index contributed by atoms with van der Waals surface area (Å²) < 4.78 is 0. The van der Waals surface area contributed by atoms with Crippen molar-refractivity contribution in [1.82, 2.24) is 15.2 Å². The predicted molar refractivity (Wildman–Crippen MR) is 73.3 cm³/mol. The number of nitrogens with two attached hydrogens (primary N) is 1. The fraction of sp³-hybridized carbons (Fsp3) is 0.462. The Bertz CT molecular complexity index is 431. The van der Waals surface area contributed by atoms with Gasteiger partial charge >= 0.3 is 0 Å². The third-order valence-electron chi connectivity index (χ3n) is 2.62. The molecule has 19 heavy (non-hydrogen) atoms. The molecule has 0 spiro atoms. The first kappa shape index (κ1) is 14.9. The molecule has 0 aliphatic heterocycles. The largest absolute Gasteiger partial charge is 0.397 e. The summed E-state index contributed by atoms with van der Waals surface area (Å²) >= 11 is 0. The summed E-state index contributed by atoms with van der Waals surface area (Å²) in [5.41, 5.74) is 6.74. The molecule has 1 aromatic rings. The minimum Gasteiger partial charge on any atom is -0.397 e. The van der Waals surface area contributed by atoms with Crippen molar-refractivity contribution in [2.24, 2.45) is 0 Å². The number of hydrogen-bond donors (Lipinski definition) is 2. The van der Waals surface area contributed by atoms with Crippen LogP contribution in [-0.4, -0.2) is 41.3 Å². The van der Waals surface area contributed by atoms with E-state index in [0.29, 0.717) is 24.5 Å². The van der Waals surface area contributed by atoms with Crippen LogP contribution in [0.3, 0.4) is 0 Å². The normalized spacial score (nSPS) is 10.0. The minimum atomic E-state index is -0.150. The average molecular weight is 264 g/mol. The van der Waals surface area contributed by atoms with Crippen molar-refractivity contribution in [2.45, 2.75) is 20.3 Å². The molecule has 0 atom stereocenters. The van der Waals surface area contributed by atoms with E-state index >= 15 is 0 Å². The molecule has 6 nitrogen and oxygen atoms in total. The number of rotatable bonds is 6. The zero-order valence-corrected chi connectivity index (χ0v) is 11.3. The van der Waals surface area contributed by atoms with Gasteiger partial charge in [0.15, 0.2) is 0 Å². The molecule has 3 N–H and O–H groups in total. The Morgan fingerprint density at radius 3 is 2.63 bits per heavy atom. The SMILES string of the molecule is CCNC(=O)CN(CC)C(=O)Cc1ccc(N)cn1. The summed E-state index contributed by atoms with van der Waals surface area (Å²) in [6.07, 6.45) is 1.69. The number of carbonyl (C=O) groups is 2. The van der Waals surface area contributed by atoms with Crippen molar-refractivity contribution in [3.63, 3.8) is 0 Å². The highest BCUT2D eigenvalue weighted by molar-refractivity contribution is 5.85. The number of carbonyl (C=O) groups excluding carboxylic acids is 2. The number of anilines is 1. The molecule has 1 rings (SSSR count). The van der Waals surface area contributed by atoms with E-state index in [1.165, 1.54) is 11.1 Å². The molecule has 0 aliphatic carbocycles. The van der Waals surface area contributed by atoms with Gasteiger partial charge < -0.3 is 16.0 Å². The predicted octanol–water partition coefficient (Wildman–Crippen LogP) is 0.191. The van der Waals surface area contributed by atoms with Crippen molar-refractivity contribution in [3.05, 3.63) is 24.0 Å². The van der Waals surface area contributed by atoms with Crippen LogP contribution in [0.1, 0.15) is 19.5 Å². The smallest absolute Gasteiger partial charge is 0.239 e. The maximum atomic E-state index is 12.0. The lowest BCUT2D eigenvalue weighted by Gasteiger charge is -2.20. The molecule has 0 unspecified atom stereocenters. The topological polar surface area (TPSA) is 88.3 Å².